The van der Waals surface area contributed by atoms with Crippen molar-refractivity contribution in [3.05, 3.63) is 36.4 Å². The van der Waals surface area contributed by atoms with E-state index in [1.165, 1.54) is 0 Å². The number of rotatable bonds is 0. The summed E-state index contributed by atoms with van der Waals surface area (Å²) in [6.07, 6.45) is 0. The molecule has 0 aromatic heterocycles. The van der Waals surface area contributed by atoms with Crippen LogP contribution in [0.25, 0.3) is 0 Å². The molecule has 0 atom stereocenters. The molecule has 0 bridgehead atoms. The second-order valence-electron chi connectivity index (χ2n) is 4.15. The second-order valence-corrected chi connectivity index (χ2v) is 4.15. The number of hydrogen-bond donors (Lipinski definition) is 0. The van der Waals surface area contributed by atoms with Crippen LogP contribution >= 0.6 is 0 Å². The first-order valence-corrected chi connectivity index (χ1v) is 5.00. The van der Waals surface area contributed by atoms with E-state index in [-0.39, 0.29) is 0 Å². The second kappa shape index (κ2) is 9.31. The van der Waals surface area contributed by atoms with Crippen molar-refractivity contribution in [2.45, 2.75) is 41.5 Å². The van der Waals surface area contributed by atoms with E-state index in [9.17, 15) is 0 Å². The largest absolute Gasteiger partial charge is 0.0683 e. The summed E-state index contributed by atoms with van der Waals surface area (Å²) in [5.74, 6) is 0. The van der Waals surface area contributed by atoms with Gasteiger partial charge in [0.2, 0.25) is 0 Å². The molecule has 0 amide bonds. The van der Waals surface area contributed by atoms with Gasteiger partial charge in [0.05, 0.1) is 0 Å². The zero-order valence-electron chi connectivity index (χ0n) is 9.96. The van der Waals surface area contributed by atoms with E-state index < -0.39 is 0 Å². The molecule has 0 heteroatoms. The highest BCUT2D eigenvalue weighted by molar-refractivity contribution is 4.99. The Hall–Kier alpha value is -0.780. The zero-order chi connectivity index (χ0) is 10.7. The van der Waals surface area contributed by atoms with Crippen molar-refractivity contribution >= 4 is 0 Å². The minimum Gasteiger partial charge on any atom is -0.0683 e. The van der Waals surface area contributed by atoms with E-state index in [0.717, 1.165) is 0 Å². The average Bonchev–Trinajstić information content (AvgIpc) is 2.08. The topological polar surface area (TPSA) is 0 Å². The van der Waals surface area contributed by atoms with Gasteiger partial charge in [-0.1, -0.05) is 77.9 Å². The van der Waals surface area contributed by atoms with E-state index in [2.05, 4.69) is 27.7 Å². The molecule has 76 valence electrons. The van der Waals surface area contributed by atoms with Crippen LogP contribution in [0.5, 0.6) is 0 Å². The molecule has 0 aliphatic heterocycles. The van der Waals surface area contributed by atoms with Crippen LogP contribution in [0, 0.1) is 5.41 Å². The Morgan fingerprint density at radius 1 is 0.538 bits per heavy atom. The third-order valence-electron chi connectivity index (χ3n) is 0.667. The van der Waals surface area contributed by atoms with E-state index in [4.69, 9.17) is 0 Å². The van der Waals surface area contributed by atoms with Gasteiger partial charge in [0.15, 0.2) is 0 Å². The maximum Gasteiger partial charge on any atom is -0.0411 e. The highest BCUT2D eigenvalue weighted by atomic mass is 14.0. The molecule has 0 fully saturated rings. The molecular formula is C13H24. The first-order valence-electron chi connectivity index (χ1n) is 5.00. The number of hydrogen-bond acceptors (Lipinski definition) is 0. The minimum absolute atomic E-state index is 0.500. The standard InChI is InChI=1S/C6H6.C5H12.C2H6/c1-2-4-6-5-3-1;1-5(2,3)4;1-2/h1-6H;1-4H3;1-2H3. The summed E-state index contributed by atoms with van der Waals surface area (Å²) < 4.78 is 0. The number of benzene rings is 1. The van der Waals surface area contributed by atoms with Crippen molar-refractivity contribution in [2.24, 2.45) is 5.41 Å². The van der Waals surface area contributed by atoms with Crippen molar-refractivity contribution < 1.29 is 0 Å². The van der Waals surface area contributed by atoms with Gasteiger partial charge < -0.3 is 0 Å². The van der Waals surface area contributed by atoms with Gasteiger partial charge >= 0.3 is 0 Å². The van der Waals surface area contributed by atoms with Crippen LogP contribution < -0.4 is 0 Å². The monoisotopic (exact) mass is 180 g/mol. The molecule has 0 spiro atoms. The molecule has 0 nitrogen and oxygen atoms in total. The van der Waals surface area contributed by atoms with Crippen LogP contribution in [0.15, 0.2) is 36.4 Å². The smallest absolute Gasteiger partial charge is 0.0411 e. The highest BCUT2D eigenvalue weighted by Crippen LogP contribution is 2.08. The summed E-state index contributed by atoms with van der Waals surface area (Å²) in [4.78, 5) is 0. The summed E-state index contributed by atoms with van der Waals surface area (Å²) in [7, 11) is 0. The van der Waals surface area contributed by atoms with Crippen molar-refractivity contribution in [1.29, 1.82) is 0 Å². The third-order valence-corrected chi connectivity index (χ3v) is 0.667. The molecule has 0 N–H and O–H groups in total. The zero-order valence-corrected chi connectivity index (χ0v) is 9.96. The Bertz CT molecular complexity index is 124. The van der Waals surface area contributed by atoms with Gasteiger partial charge in [-0.05, 0) is 5.41 Å². The minimum atomic E-state index is 0.500. The van der Waals surface area contributed by atoms with Crippen molar-refractivity contribution in [2.75, 3.05) is 0 Å². The Morgan fingerprint density at radius 2 is 0.615 bits per heavy atom. The Morgan fingerprint density at radius 3 is 0.692 bits per heavy atom. The fourth-order valence-electron chi connectivity index (χ4n) is 0.385. The maximum atomic E-state index is 2.19. The van der Waals surface area contributed by atoms with Gasteiger partial charge in [0, 0.05) is 0 Å². The van der Waals surface area contributed by atoms with E-state index >= 15 is 0 Å². The van der Waals surface area contributed by atoms with Crippen LogP contribution in [-0.4, -0.2) is 0 Å². The highest BCUT2D eigenvalue weighted by Gasteiger charge is 1.95. The summed E-state index contributed by atoms with van der Waals surface area (Å²) >= 11 is 0. The molecule has 0 unspecified atom stereocenters. The first-order chi connectivity index (χ1) is 6.00. The fourth-order valence-corrected chi connectivity index (χ4v) is 0.385. The molecule has 0 saturated heterocycles. The lowest BCUT2D eigenvalue weighted by Gasteiger charge is -2.05. The third kappa shape index (κ3) is 35.0. The van der Waals surface area contributed by atoms with Crippen molar-refractivity contribution in [1.82, 2.24) is 0 Å². The lowest BCUT2D eigenvalue weighted by Crippen LogP contribution is -1.93. The molecule has 1 aromatic rings. The summed E-state index contributed by atoms with van der Waals surface area (Å²) in [6.45, 7) is 12.8. The van der Waals surface area contributed by atoms with Crippen LogP contribution in [0.3, 0.4) is 0 Å². The van der Waals surface area contributed by atoms with Crippen molar-refractivity contribution in [3.63, 3.8) is 0 Å². The van der Waals surface area contributed by atoms with Crippen LogP contribution in [0.1, 0.15) is 41.5 Å². The average molecular weight is 180 g/mol. The van der Waals surface area contributed by atoms with Crippen LogP contribution in [0.4, 0.5) is 0 Å². The van der Waals surface area contributed by atoms with E-state index in [1.807, 2.05) is 50.2 Å². The van der Waals surface area contributed by atoms with Gasteiger partial charge in [-0.3, -0.25) is 0 Å². The summed E-state index contributed by atoms with van der Waals surface area (Å²) in [5, 5.41) is 0. The molecule has 0 heterocycles. The summed E-state index contributed by atoms with van der Waals surface area (Å²) in [5.41, 5.74) is 0.500. The lowest BCUT2D eigenvalue weighted by molar-refractivity contribution is 0.469. The SMILES string of the molecule is CC.CC(C)(C)C.c1ccccc1. The van der Waals surface area contributed by atoms with Crippen LogP contribution in [0.2, 0.25) is 0 Å². The predicted octanol–water partition coefficient (Wildman–Crippen LogP) is 4.77. The predicted molar refractivity (Wildman–Crippen MR) is 62.9 cm³/mol. The molecule has 0 radical (unpaired) electrons. The van der Waals surface area contributed by atoms with Crippen LogP contribution in [-0.2, 0) is 0 Å². The maximum absolute atomic E-state index is 2.19. The van der Waals surface area contributed by atoms with Gasteiger partial charge in [-0.15, -0.1) is 0 Å². The Balaban J connectivity index is 0. The Kier molecular flexibility index (Phi) is 10.5. The molecule has 0 aliphatic rings. The van der Waals surface area contributed by atoms with Gasteiger partial charge in [0.1, 0.15) is 0 Å². The van der Waals surface area contributed by atoms with E-state index in [0.29, 0.717) is 5.41 Å². The molecule has 1 aromatic carbocycles. The van der Waals surface area contributed by atoms with E-state index in [1.54, 1.807) is 0 Å². The molecule has 0 saturated carbocycles. The van der Waals surface area contributed by atoms with Crippen molar-refractivity contribution in [3.8, 4) is 0 Å². The Labute approximate surface area is 84.0 Å². The van der Waals surface area contributed by atoms with Gasteiger partial charge in [-0.2, -0.15) is 0 Å². The normalized spacial score (nSPS) is 8.77. The molecule has 13 heavy (non-hydrogen) atoms. The first kappa shape index (κ1) is 14.7. The summed E-state index contributed by atoms with van der Waals surface area (Å²) in [6, 6.07) is 12.0. The lowest BCUT2D eigenvalue weighted by atomic mass is 10.0. The molecule has 0 aliphatic carbocycles. The van der Waals surface area contributed by atoms with Gasteiger partial charge in [0.25, 0.3) is 0 Å². The molecular weight excluding hydrogens is 156 g/mol. The fraction of sp³-hybridized carbons (Fsp3) is 0.538. The molecule has 1 rings (SSSR count). The van der Waals surface area contributed by atoms with Gasteiger partial charge in [-0.25, -0.2) is 0 Å². The quantitative estimate of drug-likeness (QED) is 0.539.